The fraction of sp³-hybridized carbons (Fsp3) is 0.0938. The fourth-order valence-corrected chi connectivity index (χ4v) is 3.76. The Kier molecular flexibility index (Phi) is 9.83. The molecule has 0 unspecified atom stereocenters. The largest absolute Gasteiger partial charge is 0.497 e. The molecule has 3 amide bonds. The zero-order valence-electron chi connectivity index (χ0n) is 23.5. The first-order chi connectivity index (χ1) is 20.8. The molecule has 11 nitrogen and oxygen atoms in total. The van der Waals surface area contributed by atoms with Crippen LogP contribution in [0.25, 0.3) is 0 Å². The first kappa shape index (κ1) is 30.0. The SMILES string of the molecule is COc1ccc(C(=O)Oc2ccc(/C=N\NC(=O)C(=O)Nc3ccccc3C(=O)Nc3ccc(C)cc3)cc2OC)cc1. The standard InChI is InChI=1S/C32H28N4O7/c1-20-8-13-23(14-9-20)34-29(37)25-6-4-5-7-26(25)35-30(38)31(39)36-33-19-21-10-17-27(28(18-21)42-3)43-32(40)22-11-15-24(41-2)16-12-22/h4-19H,1-3H3,(H,34,37)(H,35,38)(H,36,39)/b33-19-. The molecule has 0 aliphatic heterocycles. The Morgan fingerprint density at radius 2 is 1.47 bits per heavy atom. The highest BCUT2D eigenvalue weighted by Crippen LogP contribution is 2.28. The van der Waals surface area contributed by atoms with Gasteiger partial charge in [0.05, 0.1) is 37.2 Å². The van der Waals surface area contributed by atoms with Gasteiger partial charge in [0.2, 0.25) is 0 Å². The van der Waals surface area contributed by atoms with Crippen LogP contribution in [0, 0.1) is 6.92 Å². The van der Waals surface area contributed by atoms with Gasteiger partial charge in [0, 0.05) is 5.69 Å². The molecule has 0 aromatic heterocycles. The molecule has 0 aliphatic carbocycles. The maximum absolute atomic E-state index is 12.8. The van der Waals surface area contributed by atoms with Crippen molar-refractivity contribution in [3.63, 3.8) is 0 Å². The van der Waals surface area contributed by atoms with Crippen LogP contribution in [0.4, 0.5) is 11.4 Å². The van der Waals surface area contributed by atoms with Crippen LogP contribution in [0.15, 0.2) is 96.1 Å². The third-order valence-corrected chi connectivity index (χ3v) is 6.03. The number of carbonyl (C=O) groups excluding carboxylic acids is 4. The second-order valence-corrected chi connectivity index (χ2v) is 9.05. The lowest BCUT2D eigenvalue weighted by Crippen LogP contribution is -2.33. The number of nitrogens with zero attached hydrogens (tertiary/aromatic N) is 1. The Morgan fingerprint density at radius 3 is 2.16 bits per heavy atom. The monoisotopic (exact) mass is 580 g/mol. The van der Waals surface area contributed by atoms with Gasteiger partial charge < -0.3 is 24.8 Å². The van der Waals surface area contributed by atoms with E-state index >= 15 is 0 Å². The van der Waals surface area contributed by atoms with E-state index < -0.39 is 23.7 Å². The number of aryl methyl sites for hydroxylation is 1. The predicted octanol–water partition coefficient (Wildman–Crippen LogP) is 4.57. The van der Waals surface area contributed by atoms with Crippen molar-refractivity contribution in [2.75, 3.05) is 24.9 Å². The Bertz CT molecular complexity index is 1670. The second kappa shape index (κ2) is 14.1. The number of para-hydroxylation sites is 1. The molecule has 0 spiro atoms. The number of methoxy groups -OCH3 is 2. The second-order valence-electron chi connectivity index (χ2n) is 9.05. The molecule has 0 radical (unpaired) electrons. The first-order valence-electron chi connectivity index (χ1n) is 12.9. The van der Waals surface area contributed by atoms with Crippen molar-refractivity contribution in [3.05, 3.63) is 113 Å². The number of hydrogen-bond acceptors (Lipinski definition) is 8. The zero-order valence-corrected chi connectivity index (χ0v) is 23.5. The lowest BCUT2D eigenvalue weighted by molar-refractivity contribution is -0.136. The molecular formula is C32H28N4O7. The molecule has 4 rings (SSSR count). The molecule has 0 saturated carbocycles. The lowest BCUT2D eigenvalue weighted by atomic mass is 10.1. The van der Waals surface area contributed by atoms with Gasteiger partial charge in [0.1, 0.15) is 5.75 Å². The van der Waals surface area contributed by atoms with Crippen LogP contribution >= 0.6 is 0 Å². The van der Waals surface area contributed by atoms with E-state index in [-0.39, 0.29) is 22.7 Å². The molecule has 11 heteroatoms. The van der Waals surface area contributed by atoms with Crippen molar-refractivity contribution < 1.29 is 33.4 Å². The van der Waals surface area contributed by atoms with E-state index in [1.807, 2.05) is 19.1 Å². The van der Waals surface area contributed by atoms with Crippen molar-refractivity contribution in [2.45, 2.75) is 6.92 Å². The molecule has 0 fully saturated rings. The molecule has 3 N–H and O–H groups in total. The molecule has 43 heavy (non-hydrogen) atoms. The summed E-state index contributed by atoms with van der Waals surface area (Å²) in [5, 5.41) is 9.01. The summed E-state index contributed by atoms with van der Waals surface area (Å²) in [6.45, 7) is 1.93. The molecule has 0 bridgehead atoms. The topological polar surface area (TPSA) is 144 Å². The Hall–Kier alpha value is -5.97. The minimum Gasteiger partial charge on any atom is -0.497 e. The Balaban J connectivity index is 1.35. The number of hydrazone groups is 1. The van der Waals surface area contributed by atoms with Gasteiger partial charge in [-0.1, -0.05) is 29.8 Å². The number of anilines is 2. The van der Waals surface area contributed by atoms with Gasteiger partial charge >= 0.3 is 17.8 Å². The summed E-state index contributed by atoms with van der Waals surface area (Å²) in [7, 11) is 2.94. The summed E-state index contributed by atoms with van der Waals surface area (Å²) in [6.07, 6.45) is 1.28. The third kappa shape index (κ3) is 8.04. The van der Waals surface area contributed by atoms with Crippen molar-refractivity contribution >= 4 is 41.3 Å². The van der Waals surface area contributed by atoms with Crippen molar-refractivity contribution in [1.82, 2.24) is 5.43 Å². The summed E-state index contributed by atoms with van der Waals surface area (Å²) in [4.78, 5) is 50.2. The summed E-state index contributed by atoms with van der Waals surface area (Å²) in [6, 6.07) is 24.6. The number of esters is 1. The van der Waals surface area contributed by atoms with E-state index in [0.717, 1.165) is 5.56 Å². The molecule has 0 atom stereocenters. The van der Waals surface area contributed by atoms with Crippen LogP contribution in [-0.4, -0.2) is 44.1 Å². The maximum Gasteiger partial charge on any atom is 0.343 e. The van der Waals surface area contributed by atoms with Crippen molar-refractivity contribution in [2.24, 2.45) is 5.10 Å². The van der Waals surface area contributed by atoms with Gasteiger partial charge in [-0.05, 0) is 79.2 Å². The average molecular weight is 581 g/mol. The summed E-state index contributed by atoms with van der Waals surface area (Å²) in [5.74, 6) is -2.09. The molecule has 0 saturated heterocycles. The highest BCUT2D eigenvalue weighted by molar-refractivity contribution is 6.40. The molecule has 4 aromatic rings. The van der Waals surface area contributed by atoms with Gasteiger partial charge in [-0.15, -0.1) is 0 Å². The maximum atomic E-state index is 12.8. The van der Waals surface area contributed by atoms with E-state index in [4.69, 9.17) is 14.2 Å². The van der Waals surface area contributed by atoms with E-state index in [1.54, 1.807) is 54.6 Å². The molecular weight excluding hydrogens is 552 g/mol. The average Bonchev–Trinajstić information content (AvgIpc) is 3.02. The number of benzene rings is 4. The minimum absolute atomic E-state index is 0.153. The van der Waals surface area contributed by atoms with Crippen LogP contribution in [0.3, 0.4) is 0 Å². The highest BCUT2D eigenvalue weighted by atomic mass is 16.6. The van der Waals surface area contributed by atoms with Crippen molar-refractivity contribution in [1.29, 1.82) is 0 Å². The normalized spacial score (nSPS) is 10.5. The van der Waals surface area contributed by atoms with E-state index in [2.05, 4.69) is 21.2 Å². The van der Waals surface area contributed by atoms with Gasteiger partial charge in [0.25, 0.3) is 5.91 Å². The van der Waals surface area contributed by atoms with E-state index in [1.165, 1.54) is 44.7 Å². The fourth-order valence-electron chi connectivity index (χ4n) is 3.76. The molecule has 4 aromatic carbocycles. The smallest absolute Gasteiger partial charge is 0.343 e. The van der Waals surface area contributed by atoms with E-state index in [9.17, 15) is 19.2 Å². The quantitative estimate of drug-likeness (QED) is 0.0865. The van der Waals surface area contributed by atoms with Crippen LogP contribution < -0.4 is 30.3 Å². The molecule has 0 aliphatic rings. The summed E-state index contributed by atoms with van der Waals surface area (Å²) in [5.41, 5.74) is 4.91. The third-order valence-electron chi connectivity index (χ3n) is 6.03. The van der Waals surface area contributed by atoms with Gasteiger partial charge in [-0.2, -0.15) is 5.10 Å². The number of hydrogen-bond donors (Lipinski definition) is 3. The summed E-state index contributed by atoms with van der Waals surface area (Å²) >= 11 is 0. The van der Waals surface area contributed by atoms with Crippen molar-refractivity contribution in [3.8, 4) is 17.2 Å². The van der Waals surface area contributed by atoms with Crippen LogP contribution in [0.2, 0.25) is 0 Å². The van der Waals surface area contributed by atoms with E-state index in [0.29, 0.717) is 22.6 Å². The van der Waals surface area contributed by atoms with Gasteiger partial charge in [0.15, 0.2) is 11.5 Å². The van der Waals surface area contributed by atoms with Crippen LogP contribution in [0.1, 0.15) is 31.8 Å². The highest BCUT2D eigenvalue weighted by Gasteiger charge is 2.18. The number of rotatable bonds is 9. The zero-order chi connectivity index (χ0) is 30.8. The number of amides is 3. The Labute approximate surface area is 247 Å². The predicted molar refractivity (Wildman–Crippen MR) is 161 cm³/mol. The van der Waals surface area contributed by atoms with Gasteiger partial charge in [-0.3, -0.25) is 14.4 Å². The number of carbonyl (C=O) groups is 4. The minimum atomic E-state index is -1.05. The number of nitrogens with one attached hydrogen (secondary N) is 3. The summed E-state index contributed by atoms with van der Waals surface area (Å²) < 4.78 is 15.9. The Morgan fingerprint density at radius 1 is 0.744 bits per heavy atom. The van der Waals surface area contributed by atoms with Gasteiger partial charge in [-0.25, -0.2) is 10.2 Å². The molecule has 218 valence electrons. The molecule has 0 heterocycles. The van der Waals surface area contributed by atoms with Crippen LogP contribution in [-0.2, 0) is 9.59 Å². The van der Waals surface area contributed by atoms with Crippen LogP contribution in [0.5, 0.6) is 17.2 Å². The first-order valence-corrected chi connectivity index (χ1v) is 12.9. The lowest BCUT2D eigenvalue weighted by Gasteiger charge is -2.11. The number of ether oxygens (including phenoxy) is 3.